The minimum absolute atomic E-state index is 0.116. The van der Waals surface area contributed by atoms with Crippen LogP contribution in [0.1, 0.15) is 11.8 Å². The van der Waals surface area contributed by atoms with Gasteiger partial charge in [-0.3, -0.25) is 9.36 Å². The lowest BCUT2D eigenvalue weighted by molar-refractivity contribution is -0.113. The average molecular weight is 349 g/mol. The largest absolute Gasteiger partial charge is 0.461 e. The van der Waals surface area contributed by atoms with Gasteiger partial charge >= 0.3 is 0 Å². The number of amides is 1. The number of carbonyl (C=O) groups is 1. The average Bonchev–Trinajstić information content (AvgIpc) is 3.24. The summed E-state index contributed by atoms with van der Waals surface area (Å²) >= 11 is 2.79. The molecule has 3 rings (SSSR count). The molecule has 1 amide bonds. The van der Waals surface area contributed by atoms with Crippen LogP contribution in [0.3, 0.4) is 0 Å². The molecule has 3 aromatic heterocycles. The molecule has 3 aromatic rings. The first-order valence-corrected chi connectivity index (χ1v) is 8.79. The number of furan rings is 1. The van der Waals surface area contributed by atoms with E-state index in [1.54, 1.807) is 18.5 Å². The first kappa shape index (κ1) is 15.8. The summed E-state index contributed by atoms with van der Waals surface area (Å²) in [5.41, 5.74) is 0. The Hall–Kier alpha value is -2.13. The molecule has 0 saturated carbocycles. The Kier molecular flexibility index (Phi) is 4.77. The molecule has 120 valence electrons. The van der Waals surface area contributed by atoms with Gasteiger partial charge in [-0.15, -0.1) is 21.5 Å². The lowest BCUT2D eigenvalue weighted by Gasteiger charge is -2.05. The van der Waals surface area contributed by atoms with Gasteiger partial charge < -0.3 is 9.73 Å². The van der Waals surface area contributed by atoms with E-state index in [2.05, 4.69) is 20.5 Å². The molecule has 0 aliphatic rings. The molecule has 0 aliphatic carbocycles. The Balaban J connectivity index is 1.65. The van der Waals surface area contributed by atoms with Crippen LogP contribution in [0.25, 0.3) is 11.6 Å². The topological polar surface area (TPSA) is 85.8 Å². The number of aryl methyl sites for hydroxylation is 1. The van der Waals surface area contributed by atoms with Crippen LogP contribution in [0.2, 0.25) is 0 Å². The first-order chi connectivity index (χ1) is 11.2. The predicted molar refractivity (Wildman–Crippen MR) is 89.6 cm³/mol. The molecule has 0 atom stereocenters. The summed E-state index contributed by atoms with van der Waals surface area (Å²) in [6.07, 6.45) is 3.33. The minimum atomic E-state index is -0.116. The third-order valence-corrected chi connectivity index (χ3v) is 4.77. The van der Waals surface area contributed by atoms with Crippen molar-refractivity contribution < 1.29 is 9.21 Å². The van der Waals surface area contributed by atoms with Crippen molar-refractivity contribution in [3.05, 3.63) is 29.5 Å². The number of thiazole rings is 1. The van der Waals surface area contributed by atoms with Gasteiger partial charge in [0.05, 0.1) is 12.0 Å². The van der Waals surface area contributed by atoms with Crippen molar-refractivity contribution in [2.24, 2.45) is 0 Å². The molecule has 0 fully saturated rings. The van der Waals surface area contributed by atoms with Crippen molar-refractivity contribution in [1.82, 2.24) is 19.7 Å². The number of rotatable bonds is 6. The monoisotopic (exact) mass is 349 g/mol. The minimum Gasteiger partial charge on any atom is -0.461 e. The van der Waals surface area contributed by atoms with E-state index >= 15 is 0 Å². The molecule has 0 bridgehead atoms. The third kappa shape index (κ3) is 3.62. The van der Waals surface area contributed by atoms with E-state index in [-0.39, 0.29) is 11.7 Å². The molecule has 3 heterocycles. The Morgan fingerprint density at radius 2 is 2.35 bits per heavy atom. The van der Waals surface area contributed by atoms with Gasteiger partial charge in [0.1, 0.15) is 0 Å². The van der Waals surface area contributed by atoms with E-state index in [1.165, 1.54) is 23.1 Å². The van der Waals surface area contributed by atoms with E-state index in [4.69, 9.17) is 4.42 Å². The Labute approximate surface area is 141 Å². The molecule has 0 aliphatic heterocycles. The van der Waals surface area contributed by atoms with Crippen LogP contribution in [-0.4, -0.2) is 31.4 Å². The fourth-order valence-corrected chi connectivity index (χ4v) is 3.45. The third-order valence-electron chi connectivity index (χ3n) is 2.97. The molecule has 7 nitrogen and oxygen atoms in total. The van der Waals surface area contributed by atoms with Crippen molar-refractivity contribution in [1.29, 1.82) is 0 Å². The van der Waals surface area contributed by atoms with Gasteiger partial charge in [0.15, 0.2) is 21.9 Å². The quantitative estimate of drug-likeness (QED) is 0.688. The van der Waals surface area contributed by atoms with Crippen LogP contribution in [-0.2, 0) is 11.3 Å². The number of aromatic nitrogens is 4. The molecule has 0 unspecified atom stereocenters. The van der Waals surface area contributed by atoms with Gasteiger partial charge in [-0.1, -0.05) is 11.8 Å². The molecule has 0 saturated heterocycles. The molecule has 1 N–H and O–H groups in total. The van der Waals surface area contributed by atoms with Gasteiger partial charge in [0, 0.05) is 17.6 Å². The van der Waals surface area contributed by atoms with E-state index in [0.717, 1.165) is 4.88 Å². The summed E-state index contributed by atoms with van der Waals surface area (Å²) in [5.74, 6) is 1.45. The van der Waals surface area contributed by atoms with Gasteiger partial charge in [0.25, 0.3) is 0 Å². The Morgan fingerprint density at radius 1 is 1.48 bits per heavy atom. The molecule has 0 aromatic carbocycles. The van der Waals surface area contributed by atoms with Gasteiger partial charge in [-0.2, -0.15) is 0 Å². The highest BCUT2D eigenvalue weighted by Gasteiger charge is 2.16. The maximum atomic E-state index is 12.0. The first-order valence-electron chi connectivity index (χ1n) is 6.99. The summed E-state index contributed by atoms with van der Waals surface area (Å²) in [6.45, 7) is 4.64. The number of nitrogens with zero attached hydrogens (tertiary/aromatic N) is 4. The second kappa shape index (κ2) is 6.97. The normalized spacial score (nSPS) is 10.9. The highest BCUT2D eigenvalue weighted by Crippen LogP contribution is 2.24. The van der Waals surface area contributed by atoms with Crippen molar-refractivity contribution in [3.63, 3.8) is 0 Å². The van der Waals surface area contributed by atoms with E-state index in [0.29, 0.717) is 28.4 Å². The van der Waals surface area contributed by atoms with Crippen LogP contribution < -0.4 is 5.32 Å². The van der Waals surface area contributed by atoms with Crippen molar-refractivity contribution in [2.75, 3.05) is 11.1 Å². The van der Waals surface area contributed by atoms with E-state index < -0.39 is 0 Å². The molecular weight excluding hydrogens is 334 g/mol. The van der Waals surface area contributed by atoms with Gasteiger partial charge in [-0.05, 0) is 26.0 Å². The maximum Gasteiger partial charge on any atom is 0.236 e. The molecule has 0 spiro atoms. The number of nitrogens with one attached hydrogen (secondary N) is 1. The summed E-state index contributed by atoms with van der Waals surface area (Å²) < 4.78 is 7.28. The van der Waals surface area contributed by atoms with Crippen LogP contribution in [0.5, 0.6) is 0 Å². The maximum absolute atomic E-state index is 12.0. The van der Waals surface area contributed by atoms with E-state index in [9.17, 15) is 4.79 Å². The predicted octanol–water partition coefficient (Wildman–Crippen LogP) is 3.05. The van der Waals surface area contributed by atoms with Crippen molar-refractivity contribution in [2.45, 2.75) is 25.5 Å². The summed E-state index contributed by atoms with van der Waals surface area (Å²) in [5, 5.41) is 12.4. The van der Waals surface area contributed by atoms with Crippen LogP contribution >= 0.6 is 23.1 Å². The van der Waals surface area contributed by atoms with Gasteiger partial charge in [-0.25, -0.2) is 4.98 Å². The number of hydrogen-bond acceptors (Lipinski definition) is 7. The molecular formula is C14H15N5O2S2. The fraction of sp³-hybridized carbons (Fsp3) is 0.286. The van der Waals surface area contributed by atoms with Crippen LogP contribution in [0.15, 0.2) is 34.2 Å². The zero-order chi connectivity index (χ0) is 16.2. The zero-order valence-electron chi connectivity index (χ0n) is 12.6. The second-order valence-electron chi connectivity index (χ2n) is 4.64. The SMILES string of the molecule is CCn1c(SCC(=O)Nc2ncc(C)s2)nnc1-c1ccco1. The number of thioether (sulfide) groups is 1. The fourth-order valence-electron chi connectivity index (χ4n) is 1.97. The Bertz CT molecular complexity index is 794. The van der Waals surface area contributed by atoms with Crippen LogP contribution in [0, 0.1) is 6.92 Å². The van der Waals surface area contributed by atoms with E-state index in [1.807, 2.05) is 24.5 Å². The molecule has 23 heavy (non-hydrogen) atoms. The molecule has 0 radical (unpaired) electrons. The highest BCUT2D eigenvalue weighted by molar-refractivity contribution is 7.99. The summed E-state index contributed by atoms with van der Waals surface area (Å²) in [7, 11) is 0. The Morgan fingerprint density at radius 3 is 3.00 bits per heavy atom. The summed E-state index contributed by atoms with van der Waals surface area (Å²) in [4.78, 5) is 17.2. The summed E-state index contributed by atoms with van der Waals surface area (Å²) in [6, 6.07) is 3.64. The van der Waals surface area contributed by atoms with Crippen molar-refractivity contribution in [3.8, 4) is 11.6 Å². The van der Waals surface area contributed by atoms with Crippen molar-refractivity contribution >= 4 is 34.1 Å². The number of carbonyl (C=O) groups excluding carboxylic acids is 1. The molecule has 9 heteroatoms. The second-order valence-corrected chi connectivity index (χ2v) is 6.82. The van der Waals surface area contributed by atoms with Gasteiger partial charge in [0.2, 0.25) is 5.91 Å². The smallest absolute Gasteiger partial charge is 0.236 e. The number of anilines is 1. The zero-order valence-corrected chi connectivity index (χ0v) is 14.3. The lowest BCUT2D eigenvalue weighted by Crippen LogP contribution is -2.14. The highest BCUT2D eigenvalue weighted by atomic mass is 32.2. The standard InChI is InChI=1S/C14H15N5O2S2/c1-3-19-12(10-5-4-6-21-10)17-18-14(19)22-8-11(20)16-13-15-7-9(2)23-13/h4-7H,3,8H2,1-2H3,(H,15,16,20). The lowest BCUT2D eigenvalue weighted by atomic mass is 10.4. The number of hydrogen-bond donors (Lipinski definition) is 1. The van der Waals surface area contributed by atoms with Crippen LogP contribution in [0.4, 0.5) is 5.13 Å².